The van der Waals surface area contributed by atoms with Crippen LogP contribution >= 0.6 is 11.3 Å². The molecule has 4 rings (SSSR count). The normalized spacial score (nSPS) is 13.1. The topological polar surface area (TPSA) is 112 Å². The number of sulfonamides is 1. The van der Waals surface area contributed by atoms with Crippen molar-refractivity contribution in [3.63, 3.8) is 0 Å². The number of thiophene rings is 1. The zero-order chi connectivity index (χ0) is 21.1. The molecule has 0 unspecified atom stereocenters. The summed E-state index contributed by atoms with van der Waals surface area (Å²) < 4.78 is 37.7. The second-order valence-corrected chi connectivity index (χ2v) is 9.05. The number of benzene rings is 2. The number of hydrogen-bond acceptors (Lipinski definition) is 8. The highest BCUT2D eigenvalue weighted by Gasteiger charge is 2.15. The van der Waals surface area contributed by atoms with Gasteiger partial charge in [0.2, 0.25) is 6.79 Å². The molecule has 1 aromatic heterocycles. The highest BCUT2D eigenvalue weighted by Crippen LogP contribution is 2.33. The number of hydrogen-bond donors (Lipinski definition) is 2. The predicted molar refractivity (Wildman–Crippen MR) is 113 cm³/mol. The van der Waals surface area contributed by atoms with Crippen molar-refractivity contribution in [2.24, 2.45) is 5.10 Å². The first kappa shape index (κ1) is 19.8. The molecular weight excluding hydrogens is 426 g/mol. The van der Waals surface area contributed by atoms with E-state index in [0.717, 1.165) is 11.3 Å². The minimum absolute atomic E-state index is 0.168. The van der Waals surface area contributed by atoms with Gasteiger partial charge >= 0.3 is 0 Å². The largest absolute Gasteiger partial charge is 0.857 e. The Labute approximate surface area is 177 Å². The summed E-state index contributed by atoms with van der Waals surface area (Å²) in [4.78, 5) is 0. The maximum Gasteiger partial charge on any atom is 0.271 e. The van der Waals surface area contributed by atoms with E-state index in [0.29, 0.717) is 34.0 Å². The van der Waals surface area contributed by atoms with Gasteiger partial charge in [-0.1, -0.05) is 24.8 Å². The van der Waals surface area contributed by atoms with E-state index >= 15 is 0 Å². The van der Waals surface area contributed by atoms with Crippen LogP contribution in [0.3, 0.4) is 0 Å². The van der Waals surface area contributed by atoms with Crippen LogP contribution in [-0.2, 0) is 10.0 Å². The van der Waals surface area contributed by atoms with Gasteiger partial charge in [-0.25, -0.2) is 8.42 Å². The van der Waals surface area contributed by atoms with Crippen LogP contribution in [-0.4, -0.2) is 21.1 Å². The van der Waals surface area contributed by atoms with Crippen LogP contribution in [0.2, 0.25) is 0 Å². The van der Waals surface area contributed by atoms with Gasteiger partial charge in [0.25, 0.3) is 10.0 Å². The summed E-state index contributed by atoms with van der Waals surface area (Å²) in [6.45, 7) is 4.03. The summed E-state index contributed by atoms with van der Waals surface area (Å²) in [5, 5.41) is 17.8. The zero-order valence-electron chi connectivity index (χ0n) is 15.5. The second kappa shape index (κ2) is 8.09. The third-order valence-corrected chi connectivity index (χ3v) is 6.94. The van der Waals surface area contributed by atoms with Crippen LogP contribution in [0, 0.1) is 0 Å². The highest BCUT2D eigenvalue weighted by molar-refractivity contribution is 7.94. The Hall–Kier alpha value is -3.50. The Bertz CT molecular complexity index is 1200. The van der Waals surface area contributed by atoms with E-state index in [1.54, 1.807) is 29.6 Å². The molecule has 0 saturated heterocycles. The van der Waals surface area contributed by atoms with E-state index < -0.39 is 15.9 Å². The number of rotatable bonds is 7. The molecule has 2 aromatic carbocycles. The van der Waals surface area contributed by atoms with Gasteiger partial charge in [0.15, 0.2) is 11.5 Å². The Kier molecular flexibility index (Phi) is 5.34. The molecule has 10 heteroatoms. The minimum Gasteiger partial charge on any atom is -0.857 e. The lowest BCUT2D eigenvalue weighted by Gasteiger charge is -2.14. The van der Waals surface area contributed by atoms with Crippen LogP contribution in [0.5, 0.6) is 11.5 Å². The summed E-state index contributed by atoms with van der Waals surface area (Å²) in [5.74, 6) is 0.723. The molecule has 154 valence electrons. The van der Waals surface area contributed by atoms with Crippen molar-refractivity contribution in [2.75, 3.05) is 11.5 Å². The van der Waals surface area contributed by atoms with E-state index in [1.807, 2.05) is 0 Å². The monoisotopic (exact) mass is 442 g/mol. The molecule has 1 aliphatic rings. The number of anilines is 1. The molecule has 3 aromatic rings. The smallest absolute Gasteiger partial charge is 0.271 e. The average Bonchev–Trinajstić information content (AvgIpc) is 3.43. The van der Waals surface area contributed by atoms with E-state index in [1.165, 1.54) is 30.3 Å². The highest BCUT2D eigenvalue weighted by atomic mass is 32.2. The first-order valence-electron chi connectivity index (χ1n) is 8.69. The van der Waals surface area contributed by atoms with Gasteiger partial charge in [-0.3, -0.25) is 10.1 Å². The second-order valence-electron chi connectivity index (χ2n) is 6.19. The average molecular weight is 442 g/mol. The molecule has 2 heterocycles. The minimum atomic E-state index is -3.64. The van der Waals surface area contributed by atoms with Crippen LogP contribution in [0.25, 0.3) is 5.70 Å². The van der Waals surface area contributed by atoms with Gasteiger partial charge in [0.05, 0.1) is 5.70 Å². The predicted octanol–water partition coefficient (Wildman–Crippen LogP) is 2.56. The molecule has 0 radical (unpaired) electrons. The summed E-state index contributed by atoms with van der Waals surface area (Å²) in [7, 11) is -3.64. The van der Waals surface area contributed by atoms with Crippen molar-refractivity contribution in [1.29, 1.82) is 0 Å². The molecule has 8 nitrogen and oxygen atoms in total. The fraction of sp³-hybridized carbons (Fsp3) is 0.0500. The number of fused-ring (bicyclic) bond motifs is 1. The summed E-state index contributed by atoms with van der Waals surface area (Å²) in [6.07, 6.45) is 0. The molecule has 0 amide bonds. The number of nitrogens with zero attached hydrogens (tertiary/aromatic N) is 1. The molecule has 0 spiro atoms. The van der Waals surface area contributed by atoms with Gasteiger partial charge in [-0.05, 0) is 47.3 Å². The Morgan fingerprint density at radius 1 is 1.07 bits per heavy atom. The Morgan fingerprint density at radius 2 is 1.80 bits per heavy atom. The van der Waals surface area contributed by atoms with Gasteiger partial charge in [-0.2, -0.15) is 5.10 Å². The fourth-order valence-electron chi connectivity index (χ4n) is 2.63. The quantitative estimate of drug-likeness (QED) is 0.330. The van der Waals surface area contributed by atoms with Gasteiger partial charge in [0.1, 0.15) is 4.21 Å². The molecule has 1 aliphatic heterocycles. The molecule has 0 fully saturated rings. The summed E-state index contributed by atoms with van der Waals surface area (Å²) >= 11 is 1.12. The third-order valence-electron chi connectivity index (χ3n) is 4.16. The van der Waals surface area contributed by atoms with Crippen LogP contribution < -0.4 is 24.7 Å². The first-order valence-corrected chi connectivity index (χ1v) is 11.0. The van der Waals surface area contributed by atoms with Crippen molar-refractivity contribution in [3.8, 4) is 11.5 Å². The lowest BCUT2D eigenvalue weighted by Crippen LogP contribution is -2.22. The maximum absolute atomic E-state index is 12.3. The Morgan fingerprint density at radius 3 is 2.53 bits per heavy atom. The van der Waals surface area contributed by atoms with Crippen LogP contribution in [0.4, 0.5) is 5.69 Å². The van der Waals surface area contributed by atoms with Crippen molar-refractivity contribution in [2.45, 2.75) is 4.21 Å². The molecule has 0 atom stereocenters. The standard InChI is InChI=1S/C20H17N3O5S2/c1-13(15-6-9-17-18(11-15)28-12-27-17)21-22-20(24)14-4-7-16(8-5-14)23-30(25,26)19-3-2-10-29-19/h2-11,21,23H,1,12H2,(H,22,24)/p-1. The van der Waals surface area contributed by atoms with Crippen LogP contribution in [0.15, 0.2) is 75.9 Å². The summed E-state index contributed by atoms with van der Waals surface area (Å²) in [5.41, 5.74) is 4.39. The van der Waals surface area contributed by atoms with E-state index in [4.69, 9.17) is 9.47 Å². The molecule has 0 aliphatic carbocycles. The zero-order valence-corrected chi connectivity index (χ0v) is 17.1. The summed E-state index contributed by atoms with van der Waals surface area (Å²) in [6, 6.07) is 14.4. The van der Waals surface area contributed by atoms with Crippen LogP contribution in [0.1, 0.15) is 11.1 Å². The molecular formula is C20H16N3O5S2-. The molecule has 30 heavy (non-hydrogen) atoms. The van der Waals surface area contributed by atoms with Crippen molar-refractivity contribution >= 4 is 38.6 Å². The van der Waals surface area contributed by atoms with Gasteiger partial charge < -0.3 is 14.6 Å². The van der Waals surface area contributed by atoms with Gasteiger partial charge in [0, 0.05) is 17.1 Å². The lowest BCUT2D eigenvalue weighted by atomic mass is 10.1. The number of ether oxygens (including phenoxy) is 2. The van der Waals surface area contributed by atoms with Gasteiger partial charge in [-0.15, -0.1) is 11.3 Å². The van der Waals surface area contributed by atoms with Crippen molar-refractivity contribution < 1.29 is 23.0 Å². The number of nitrogens with one attached hydrogen (secondary N) is 2. The van der Waals surface area contributed by atoms with Crippen molar-refractivity contribution in [1.82, 2.24) is 5.43 Å². The maximum atomic E-state index is 12.3. The van der Waals surface area contributed by atoms with E-state index in [9.17, 15) is 13.5 Å². The molecule has 0 bridgehead atoms. The van der Waals surface area contributed by atoms with E-state index in [2.05, 4.69) is 21.8 Å². The van der Waals surface area contributed by atoms with E-state index in [-0.39, 0.29) is 11.0 Å². The molecule has 0 saturated carbocycles. The fourth-order valence-corrected chi connectivity index (χ4v) is 4.69. The lowest BCUT2D eigenvalue weighted by molar-refractivity contribution is -0.213. The number of hydrazone groups is 1. The Balaban J connectivity index is 1.41. The third kappa shape index (κ3) is 4.24. The SMILES string of the molecule is C=C(NN=C([O-])c1ccc(NS(=O)(=O)c2cccs2)cc1)c1ccc2c(c1)OCO2. The van der Waals surface area contributed by atoms with Crippen molar-refractivity contribution in [3.05, 3.63) is 77.7 Å². The first-order chi connectivity index (χ1) is 14.4. The molecule has 2 N–H and O–H groups in total.